The summed E-state index contributed by atoms with van der Waals surface area (Å²) in [6.45, 7) is 1.10. The molecular weight excluding hydrogens is 84.1 g/mol. The molecule has 1 saturated heterocycles. The lowest BCUT2D eigenvalue weighted by molar-refractivity contribution is 0.765. The quantitative estimate of drug-likeness (QED) is 0.401. The van der Waals surface area contributed by atoms with E-state index in [1.54, 1.807) is 11.9 Å². The van der Waals surface area contributed by atoms with Gasteiger partial charge in [0.1, 0.15) is 0 Å². The molecule has 1 rings (SSSR count). The minimum atomic E-state index is 1.10. The molecule has 2 N–H and O–H groups in total. The molecule has 0 amide bonds. The Labute approximate surface area is 35.4 Å². The van der Waals surface area contributed by atoms with Crippen molar-refractivity contribution in [2.45, 2.75) is 0 Å². The average molecular weight is 90.2 g/mol. The molecular formula is C2H6N2S. The molecule has 5 heavy (non-hydrogen) atoms. The summed E-state index contributed by atoms with van der Waals surface area (Å²) in [6.07, 6.45) is 0. The maximum absolute atomic E-state index is 2.94. The van der Waals surface area contributed by atoms with Crippen molar-refractivity contribution in [3.63, 3.8) is 0 Å². The van der Waals surface area contributed by atoms with Gasteiger partial charge >= 0.3 is 0 Å². The third-order valence-electron chi connectivity index (χ3n) is 0.473. The maximum Gasteiger partial charge on any atom is 0.0231 e. The standard InChI is InChI=1S/C2H6N2S/c1-2-5-4-3-1/h3-4H,1-2H2. The summed E-state index contributed by atoms with van der Waals surface area (Å²) in [7, 11) is 0. The highest BCUT2D eigenvalue weighted by Crippen LogP contribution is 1.91. The highest BCUT2D eigenvalue weighted by molar-refractivity contribution is 7.97. The van der Waals surface area contributed by atoms with E-state index in [1.807, 2.05) is 0 Å². The molecule has 1 fully saturated rings. The number of hydrogen-bond donors (Lipinski definition) is 2. The van der Waals surface area contributed by atoms with Crippen LogP contribution >= 0.6 is 11.9 Å². The highest BCUT2D eigenvalue weighted by atomic mass is 32.2. The van der Waals surface area contributed by atoms with Crippen molar-refractivity contribution in [2.75, 3.05) is 12.3 Å². The van der Waals surface area contributed by atoms with Crippen LogP contribution in [0.3, 0.4) is 0 Å². The highest BCUT2D eigenvalue weighted by Gasteiger charge is 1.92. The second-order valence-corrected chi connectivity index (χ2v) is 1.78. The zero-order chi connectivity index (χ0) is 3.54. The minimum Gasteiger partial charge on any atom is -0.247 e. The van der Waals surface area contributed by atoms with Crippen molar-refractivity contribution in [3.8, 4) is 0 Å². The van der Waals surface area contributed by atoms with E-state index in [0.29, 0.717) is 0 Å². The molecule has 0 unspecified atom stereocenters. The van der Waals surface area contributed by atoms with E-state index in [0.717, 1.165) is 6.54 Å². The third kappa shape index (κ3) is 0.792. The number of hydrazine groups is 1. The Morgan fingerprint density at radius 3 is 2.80 bits per heavy atom. The summed E-state index contributed by atoms with van der Waals surface area (Å²) < 4.78 is 0. The first-order chi connectivity index (χ1) is 2.50. The van der Waals surface area contributed by atoms with Crippen molar-refractivity contribution >= 4 is 11.9 Å². The van der Waals surface area contributed by atoms with Crippen LogP contribution in [0, 0.1) is 0 Å². The van der Waals surface area contributed by atoms with Gasteiger partial charge in [0.2, 0.25) is 0 Å². The molecule has 0 aromatic rings. The Hall–Kier alpha value is 0.270. The number of nitrogens with one attached hydrogen (secondary N) is 2. The number of rotatable bonds is 0. The summed E-state index contributed by atoms with van der Waals surface area (Å²) in [5, 5.41) is 0. The smallest absolute Gasteiger partial charge is 0.0231 e. The Morgan fingerprint density at radius 2 is 2.60 bits per heavy atom. The molecule has 0 bridgehead atoms. The SMILES string of the molecule is C1CSNN1. The van der Waals surface area contributed by atoms with Crippen LogP contribution in [-0.4, -0.2) is 12.3 Å². The largest absolute Gasteiger partial charge is 0.247 e. The monoisotopic (exact) mass is 90.0 g/mol. The molecule has 1 aliphatic rings. The maximum atomic E-state index is 2.94. The average Bonchev–Trinajstić information content (AvgIpc) is 1.76. The molecule has 30 valence electrons. The fourth-order valence-electron chi connectivity index (χ4n) is 0.255. The zero-order valence-corrected chi connectivity index (χ0v) is 3.64. The van der Waals surface area contributed by atoms with E-state index in [9.17, 15) is 0 Å². The lowest BCUT2D eigenvalue weighted by Gasteiger charge is -1.79. The summed E-state index contributed by atoms with van der Waals surface area (Å²) >= 11 is 1.71. The lowest BCUT2D eigenvalue weighted by Crippen LogP contribution is -2.16. The van der Waals surface area contributed by atoms with Crippen LogP contribution in [0.15, 0.2) is 0 Å². The topological polar surface area (TPSA) is 24.1 Å². The van der Waals surface area contributed by atoms with Crippen molar-refractivity contribution in [2.24, 2.45) is 0 Å². The molecule has 1 heterocycles. The summed E-state index contributed by atoms with van der Waals surface area (Å²) in [4.78, 5) is 2.89. The summed E-state index contributed by atoms with van der Waals surface area (Å²) in [5.74, 6) is 1.19. The first-order valence-electron chi connectivity index (χ1n) is 1.60. The molecule has 0 aromatic carbocycles. The second kappa shape index (κ2) is 1.64. The van der Waals surface area contributed by atoms with Crippen LogP contribution in [0.2, 0.25) is 0 Å². The molecule has 0 saturated carbocycles. The van der Waals surface area contributed by atoms with Gasteiger partial charge in [-0.2, -0.15) is 0 Å². The number of hydrogen-bond acceptors (Lipinski definition) is 3. The van der Waals surface area contributed by atoms with E-state index in [-0.39, 0.29) is 0 Å². The van der Waals surface area contributed by atoms with Gasteiger partial charge in [0.25, 0.3) is 0 Å². The van der Waals surface area contributed by atoms with E-state index >= 15 is 0 Å². The predicted octanol–water partition coefficient (Wildman–Crippen LogP) is -0.258. The van der Waals surface area contributed by atoms with Gasteiger partial charge in [-0.3, -0.25) is 0 Å². The van der Waals surface area contributed by atoms with E-state index < -0.39 is 0 Å². The first kappa shape index (κ1) is 3.46. The first-order valence-corrected chi connectivity index (χ1v) is 2.58. The molecule has 0 aliphatic carbocycles. The van der Waals surface area contributed by atoms with E-state index in [1.165, 1.54) is 5.75 Å². The van der Waals surface area contributed by atoms with Gasteiger partial charge < -0.3 is 0 Å². The van der Waals surface area contributed by atoms with Gasteiger partial charge in [-0.25, -0.2) is 10.3 Å². The second-order valence-electron chi connectivity index (χ2n) is 0.877. The molecule has 0 spiro atoms. The van der Waals surface area contributed by atoms with Gasteiger partial charge in [-0.1, -0.05) is 11.9 Å². The van der Waals surface area contributed by atoms with Gasteiger partial charge in [-0.15, -0.1) is 0 Å². The molecule has 0 atom stereocenters. The van der Waals surface area contributed by atoms with Crippen molar-refractivity contribution in [1.82, 2.24) is 10.3 Å². The Bertz CT molecular complexity index is 19.2. The summed E-state index contributed by atoms with van der Waals surface area (Å²) in [5.41, 5.74) is 2.94. The molecule has 1 aliphatic heterocycles. The fourth-order valence-corrected chi connectivity index (χ4v) is 0.765. The Morgan fingerprint density at radius 1 is 1.60 bits per heavy atom. The van der Waals surface area contributed by atoms with Crippen LogP contribution in [0.1, 0.15) is 0 Å². The van der Waals surface area contributed by atoms with Gasteiger partial charge in [-0.05, 0) is 0 Å². The normalized spacial score (nSPS) is 24.0. The van der Waals surface area contributed by atoms with E-state index in [2.05, 4.69) is 10.3 Å². The Balaban J connectivity index is 2.08. The predicted molar refractivity (Wildman–Crippen MR) is 23.6 cm³/mol. The van der Waals surface area contributed by atoms with Crippen molar-refractivity contribution in [3.05, 3.63) is 0 Å². The van der Waals surface area contributed by atoms with E-state index in [4.69, 9.17) is 0 Å². The summed E-state index contributed by atoms with van der Waals surface area (Å²) in [6, 6.07) is 0. The molecule has 3 heteroatoms. The van der Waals surface area contributed by atoms with Crippen LogP contribution in [0.4, 0.5) is 0 Å². The van der Waals surface area contributed by atoms with Crippen molar-refractivity contribution < 1.29 is 0 Å². The van der Waals surface area contributed by atoms with Crippen LogP contribution in [0.5, 0.6) is 0 Å². The molecule has 2 nitrogen and oxygen atoms in total. The lowest BCUT2D eigenvalue weighted by atomic mass is 10.8. The minimum absolute atomic E-state index is 1.10. The van der Waals surface area contributed by atoms with Crippen molar-refractivity contribution in [1.29, 1.82) is 0 Å². The van der Waals surface area contributed by atoms with Crippen LogP contribution in [0.25, 0.3) is 0 Å². The fraction of sp³-hybridized carbons (Fsp3) is 1.00. The third-order valence-corrected chi connectivity index (χ3v) is 1.17. The Kier molecular flexibility index (Phi) is 1.14. The van der Waals surface area contributed by atoms with Crippen LogP contribution < -0.4 is 10.3 Å². The van der Waals surface area contributed by atoms with Gasteiger partial charge in [0, 0.05) is 12.3 Å². The molecule has 0 radical (unpaired) electrons. The van der Waals surface area contributed by atoms with Crippen LogP contribution in [-0.2, 0) is 0 Å². The van der Waals surface area contributed by atoms with Gasteiger partial charge in [0.15, 0.2) is 0 Å². The zero-order valence-electron chi connectivity index (χ0n) is 2.82. The van der Waals surface area contributed by atoms with Gasteiger partial charge in [0.05, 0.1) is 0 Å². The molecule has 0 aromatic heterocycles.